The lowest BCUT2D eigenvalue weighted by atomic mass is 9.77. The van der Waals surface area contributed by atoms with E-state index in [2.05, 4.69) is 10.4 Å². The Morgan fingerprint density at radius 2 is 2.09 bits per heavy atom. The average Bonchev–Trinajstić information content (AvgIpc) is 2.95. The summed E-state index contributed by atoms with van der Waals surface area (Å²) in [4.78, 5) is 0. The summed E-state index contributed by atoms with van der Waals surface area (Å²) in [7, 11) is 0. The molecule has 3 rings (SSSR count). The number of hydrogen-bond donors (Lipinski definition) is 2. The quantitative estimate of drug-likeness (QED) is 0.826. The van der Waals surface area contributed by atoms with Crippen LogP contribution in [0.4, 0.5) is 4.39 Å². The van der Waals surface area contributed by atoms with Crippen LogP contribution in [0.3, 0.4) is 0 Å². The molecule has 2 N–H and O–H groups in total. The summed E-state index contributed by atoms with van der Waals surface area (Å²) in [5.41, 5.74) is 1.09. The molecule has 2 atom stereocenters. The molecular weight excluding hydrogens is 281 g/mol. The molecular formula is C17H22FN3O. The van der Waals surface area contributed by atoms with Crippen LogP contribution in [0.5, 0.6) is 0 Å². The van der Waals surface area contributed by atoms with Crippen LogP contribution in [0.1, 0.15) is 30.9 Å². The summed E-state index contributed by atoms with van der Waals surface area (Å²) in [6, 6.07) is 8.71. The highest BCUT2D eigenvalue weighted by atomic mass is 19.1. The second-order valence-corrected chi connectivity index (χ2v) is 6.01. The van der Waals surface area contributed by atoms with Gasteiger partial charge in [0, 0.05) is 25.0 Å². The summed E-state index contributed by atoms with van der Waals surface area (Å²) < 4.78 is 14.8. The zero-order valence-corrected chi connectivity index (χ0v) is 12.5. The Balaban J connectivity index is 1.59. The van der Waals surface area contributed by atoms with Crippen LogP contribution < -0.4 is 5.32 Å². The molecule has 4 nitrogen and oxygen atoms in total. The van der Waals surface area contributed by atoms with Gasteiger partial charge in [0.05, 0.1) is 12.6 Å². The first-order valence-electron chi connectivity index (χ1n) is 7.87. The molecule has 1 aromatic heterocycles. The van der Waals surface area contributed by atoms with Crippen LogP contribution in [0.2, 0.25) is 0 Å². The van der Waals surface area contributed by atoms with E-state index in [0.29, 0.717) is 19.0 Å². The molecule has 1 aliphatic carbocycles. The first kappa shape index (κ1) is 15.2. The third-order valence-electron chi connectivity index (χ3n) is 4.38. The maximum atomic E-state index is 13.1. The number of aromatic nitrogens is 2. The van der Waals surface area contributed by atoms with Crippen LogP contribution in [-0.2, 0) is 6.54 Å². The Bertz CT molecular complexity index is 566. The van der Waals surface area contributed by atoms with Crippen molar-refractivity contribution in [2.24, 2.45) is 5.92 Å². The number of aliphatic hydroxyl groups excluding tert-OH is 1. The van der Waals surface area contributed by atoms with Crippen molar-refractivity contribution in [1.82, 2.24) is 15.1 Å². The molecule has 0 bridgehead atoms. The van der Waals surface area contributed by atoms with Gasteiger partial charge in [-0.2, -0.15) is 5.10 Å². The number of nitrogens with zero attached hydrogens (tertiary/aromatic N) is 2. The SMILES string of the molecule is O[C@@H](CN[C@@H](c1ccc(F)cc1)C1CCC1)Cn1cccn1. The van der Waals surface area contributed by atoms with Gasteiger partial charge >= 0.3 is 0 Å². The number of aliphatic hydroxyl groups is 1. The Labute approximate surface area is 130 Å². The topological polar surface area (TPSA) is 50.1 Å². The zero-order chi connectivity index (χ0) is 15.4. The fourth-order valence-electron chi connectivity index (χ4n) is 2.95. The van der Waals surface area contributed by atoms with E-state index in [0.717, 1.165) is 5.56 Å². The van der Waals surface area contributed by atoms with Gasteiger partial charge in [0.2, 0.25) is 0 Å². The van der Waals surface area contributed by atoms with Gasteiger partial charge in [-0.15, -0.1) is 0 Å². The Kier molecular flexibility index (Phi) is 4.85. The smallest absolute Gasteiger partial charge is 0.123 e. The highest BCUT2D eigenvalue weighted by molar-refractivity contribution is 5.21. The number of halogens is 1. The summed E-state index contributed by atoms with van der Waals surface area (Å²) in [6.45, 7) is 0.971. The van der Waals surface area contributed by atoms with Crippen LogP contribution in [-0.4, -0.2) is 27.5 Å². The lowest BCUT2D eigenvalue weighted by Crippen LogP contribution is -2.38. The predicted octanol–water partition coefficient (Wildman–Crippen LogP) is 2.51. The standard InChI is InChI=1S/C17H22FN3O/c18-15-7-5-14(6-8-15)17(13-3-1-4-13)19-11-16(22)12-21-10-2-9-20-21/h2,5-10,13,16-17,19,22H,1,3-4,11-12H2/t16-,17+/m0/s1. The molecule has 22 heavy (non-hydrogen) atoms. The van der Waals surface area contributed by atoms with Crippen molar-refractivity contribution >= 4 is 0 Å². The Hall–Kier alpha value is -1.72. The fourth-order valence-corrected chi connectivity index (χ4v) is 2.95. The number of benzene rings is 1. The number of hydrogen-bond acceptors (Lipinski definition) is 3. The second kappa shape index (κ2) is 7.03. The van der Waals surface area contributed by atoms with E-state index in [9.17, 15) is 9.50 Å². The third kappa shape index (κ3) is 3.72. The number of rotatable bonds is 7. The minimum Gasteiger partial charge on any atom is -0.390 e. The minimum absolute atomic E-state index is 0.182. The maximum Gasteiger partial charge on any atom is 0.123 e. The summed E-state index contributed by atoms with van der Waals surface area (Å²) >= 11 is 0. The van der Waals surface area contributed by atoms with Crippen molar-refractivity contribution in [1.29, 1.82) is 0 Å². The highest BCUT2D eigenvalue weighted by Crippen LogP contribution is 2.37. The lowest BCUT2D eigenvalue weighted by molar-refractivity contribution is 0.130. The van der Waals surface area contributed by atoms with Crippen LogP contribution in [0.15, 0.2) is 42.7 Å². The molecule has 5 heteroatoms. The molecule has 1 aromatic carbocycles. The van der Waals surface area contributed by atoms with Gasteiger partial charge < -0.3 is 10.4 Å². The summed E-state index contributed by atoms with van der Waals surface area (Å²) in [5, 5.41) is 17.7. The second-order valence-electron chi connectivity index (χ2n) is 6.01. The van der Waals surface area contributed by atoms with E-state index in [1.165, 1.54) is 31.4 Å². The highest BCUT2D eigenvalue weighted by Gasteiger charge is 2.28. The van der Waals surface area contributed by atoms with Crippen molar-refractivity contribution in [2.45, 2.75) is 38.0 Å². The van der Waals surface area contributed by atoms with Crippen LogP contribution in [0, 0.1) is 11.7 Å². The van der Waals surface area contributed by atoms with Gasteiger partial charge in [-0.1, -0.05) is 18.6 Å². The van der Waals surface area contributed by atoms with E-state index in [1.807, 2.05) is 24.4 Å². The largest absolute Gasteiger partial charge is 0.390 e. The molecule has 1 heterocycles. The molecule has 0 spiro atoms. The molecule has 0 radical (unpaired) electrons. The Morgan fingerprint density at radius 3 is 2.68 bits per heavy atom. The molecule has 118 valence electrons. The maximum absolute atomic E-state index is 13.1. The van der Waals surface area contributed by atoms with Gasteiger partial charge in [-0.25, -0.2) is 4.39 Å². The molecule has 1 aliphatic rings. The molecule has 1 fully saturated rings. The van der Waals surface area contributed by atoms with Crippen molar-refractivity contribution in [3.8, 4) is 0 Å². The van der Waals surface area contributed by atoms with Crippen molar-refractivity contribution in [2.75, 3.05) is 6.54 Å². The van der Waals surface area contributed by atoms with Crippen LogP contribution in [0.25, 0.3) is 0 Å². The minimum atomic E-state index is -0.497. The Morgan fingerprint density at radius 1 is 1.32 bits per heavy atom. The molecule has 1 saturated carbocycles. The molecule has 0 aliphatic heterocycles. The van der Waals surface area contributed by atoms with E-state index < -0.39 is 6.10 Å². The third-order valence-corrected chi connectivity index (χ3v) is 4.38. The first-order chi connectivity index (χ1) is 10.7. The number of nitrogens with one attached hydrogen (secondary N) is 1. The van der Waals surface area contributed by atoms with E-state index in [-0.39, 0.29) is 11.9 Å². The molecule has 0 amide bonds. The van der Waals surface area contributed by atoms with Gasteiger partial charge in [0.25, 0.3) is 0 Å². The summed E-state index contributed by atoms with van der Waals surface area (Å²) in [5.74, 6) is 0.359. The van der Waals surface area contributed by atoms with Gasteiger partial charge in [-0.3, -0.25) is 4.68 Å². The van der Waals surface area contributed by atoms with Gasteiger partial charge in [-0.05, 0) is 42.5 Å². The monoisotopic (exact) mass is 303 g/mol. The van der Waals surface area contributed by atoms with Crippen molar-refractivity contribution in [3.63, 3.8) is 0 Å². The van der Waals surface area contributed by atoms with E-state index >= 15 is 0 Å². The molecule has 0 unspecified atom stereocenters. The average molecular weight is 303 g/mol. The lowest BCUT2D eigenvalue weighted by Gasteiger charge is -2.35. The van der Waals surface area contributed by atoms with Gasteiger partial charge in [0.15, 0.2) is 0 Å². The van der Waals surface area contributed by atoms with Crippen molar-refractivity contribution in [3.05, 3.63) is 54.1 Å². The zero-order valence-electron chi connectivity index (χ0n) is 12.5. The van der Waals surface area contributed by atoms with Crippen LogP contribution >= 0.6 is 0 Å². The van der Waals surface area contributed by atoms with E-state index in [4.69, 9.17) is 0 Å². The fraction of sp³-hybridized carbons (Fsp3) is 0.471. The van der Waals surface area contributed by atoms with Crippen molar-refractivity contribution < 1.29 is 9.50 Å². The molecule has 0 saturated heterocycles. The predicted molar refractivity (Wildman–Crippen MR) is 82.7 cm³/mol. The van der Waals surface area contributed by atoms with E-state index in [1.54, 1.807) is 10.9 Å². The normalized spacial score (nSPS) is 17.9. The van der Waals surface area contributed by atoms with Gasteiger partial charge in [0.1, 0.15) is 5.82 Å². The molecule has 2 aromatic rings. The summed E-state index contributed by atoms with van der Waals surface area (Å²) in [6.07, 6.45) is 6.67. The first-order valence-corrected chi connectivity index (χ1v) is 7.87.